The second-order valence-electron chi connectivity index (χ2n) is 6.96. The number of hydrazone groups is 1. The first-order valence-corrected chi connectivity index (χ1v) is 9.82. The van der Waals surface area contributed by atoms with E-state index in [0.717, 1.165) is 5.56 Å². The molecule has 0 radical (unpaired) electrons. The first-order valence-electron chi connectivity index (χ1n) is 9.82. The average molecular weight is 426 g/mol. The molecule has 162 valence electrons. The molecule has 1 aliphatic rings. The van der Waals surface area contributed by atoms with Crippen LogP contribution in [0.15, 0.2) is 59.7 Å². The minimum atomic E-state index is -0.926. The molecule has 0 saturated heterocycles. The third-order valence-electron chi connectivity index (χ3n) is 4.75. The smallest absolute Gasteiger partial charge is 0.328 e. The monoisotopic (exact) mass is 426 g/mol. The summed E-state index contributed by atoms with van der Waals surface area (Å²) in [4.78, 5) is 37.2. The van der Waals surface area contributed by atoms with E-state index in [0.29, 0.717) is 5.69 Å². The number of rotatable bonds is 8. The molecule has 31 heavy (non-hydrogen) atoms. The number of hydrogen-bond donors (Lipinski definition) is 2. The molecule has 2 aromatic rings. The van der Waals surface area contributed by atoms with Gasteiger partial charge in [-0.2, -0.15) is 5.10 Å². The zero-order chi connectivity index (χ0) is 22.4. The molecular weight excluding hydrogens is 403 g/mol. The summed E-state index contributed by atoms with van der Waals surface area (Å²) >= 11 is 0. The number of ether oxygens (including phenoxy) is 1. The molecule has 0 spiro atoms. The molecule has 0 bridgehead atoms. The van der Waals surface area contributed by atoms with Gasteiger partial charge in [-0.15, -0.1) is 0 Å². The van der Waals surface area contributed by atoms with Crippen LogP contribution in [0.2, 0.25) is 0 Å². The van der Waals surface area contributed by atoms with Crippen molar-refractivity contribution in [1.82, 2.24) is 5.32 Å². The fourth-order valence-corrected chi connectivity index (χ4v) is 3.23. The van der Waals surface area contributed by atoms with E-state index >= 15 is 0 Å². The van der Waals surface area contributed by atoms with Gasteiger partial charge in [0.05, 0.1) is 12.3 Å². The van der Waals surface area contributed by atoms with E-state index in [4.69, 9.17) is 10.5 Å². The van der Waals surface area contributed by atoms with E-state index in [2.05, 4.69) is 10.4 Å². The van der Waals surface area contributed by atoms with Crippen molar-refractivity contribution in [3.63, 3.8) is 0 Å². The van der Waals surface area contributed by atoms with Crippen LogP contribution in [0.1, 0.15) is 18.9 Å². The summed E-state index contributed by atoms with van der Waals surface area (Å²) in [6, 6.07) is 12.7. The molecule has 0 aliphatic carbocycles. The van der Waals surface area contributed by atoms with E-state index in [9.17, 15) is 18.8 Å². The number of halogens is 1. The number of nitrogens with zero attached hydrogens (tertiary/aromatic N) is 2. The summed E-state index contributed by atoms with van der Waals surface area (Å²) in [6.07, 6.45) is 0.193. The van der Waals surface area contributed by atoms with Gasteiger partial charge in [-0.3, -0.25) is 14.6 Å². The van der Waals surface area contributed by atoms with Gasteiger partial charge < -0.3 is 15.8 Å². The Morgan fingerprint density at radius 2 is 1.87 bits per heavy atom. The maximum absolute atomic E-state index is 13.2. The number of anilines is 1. The Morgan fingerprint density at radius 1 is 1.19 bits per heavy atom. The highest BCUT2D eigenvalue weighted by Crippen LogP contribution is 2.25. The van der Waals surface area contributed by atoms with E-state index in [1.807, 2.05) is 30.3 Å². The summed E-state index contributed by atoms with van der Waals surface area (Å²) in [5.41, 5.74) is 6.77. The average Bonchev–Trinajstić information content (AvgIpc) is 3.21. The van der Waals surface area contributed by atoms with Crippen molar-refractivity contribution < 1.29 is 23.5 Å². The molecule has 3 rings (SSSR count). The van der Waals surface area contributed by atoms with Crippen molar-refractivity contribution in [1.29, 1.82) is 0 Å². The summed E-state index contributed by atoms with van der Waals surface area (Å²) in [7, 11) is 0. The van der Waals surface area contributed by atoms with Gasteiger partial charge in [-0.05, 0) is 36.8 Å². The predicted molar refractivity (Wildman–Crippen MR) is 113 cm³/mol. The van der Waals surface area contributed by atoms with Gasteiger partial charge in [0, 0.05) is 12.8 Å². The SMILES string of the molecule is CCOC(=O)C(Cc1ccccc1)NC(=O)C1=NN(c2ccc(F)cc2)C(C(N)=O)C1. The highest BCUT2D eigenvalue weighted by Gasteiger charge is 2.36. The topological polar surface area (TPSA) is 114 Å². The van der Waals surface area contributed by atoms with Crippen LogP contribution < -0.4 is 16.1 Å². The number of primary amides is 1. The van der Waals surface area contributed by atoms with Crippen molar-refractivity contribution in [2.24, 2.45) is 10.8 Å². The lowest BCUT2D eigenvalue weighted by Crippen LogP contribution is -2.46. The molecular formula is C22H23FN4O4. The fourth-order valence-electron chi connectivity index (χ4n) is 3.23. The lowest BCUT2D eigenvalue weighted by Gasteiger charge is -2.20. The summed E-state index contributed by atoms with van der Waals surface area (Å²) < 4.78 is 18.3. The summed E-state index contributed by atoms with van der Waals surface area (Å²) in [5.74, 6) is -2.30. The Hall–Kier alpha value is -3.75. The maximum atomic E-state index is 13.2. The molecule has 0 saturated carbocycles. The lowest BCUT2D eigenvalue weighted by atomic mass is 10.0. The molecule has 2 amide bonds. The van der Waals surface area contributed by atoms with Crippen LogP contribution in [-0.2, 0) is 25.5 Å². The minimum absolute atomic E-state index is 0.0375. The predicted octanol–water partition coefficient (Wildman–Crippen LogP) is 1.54. The standard InChI is InChI=1S/C22H23FN4O4/c1-2-31-22(30)18(12-14-6-4-3-5-7-14)25-21(29)17-13-19(20(24)28)27(26-17)16-10-8-15(23)9-11-16/h3-11,18-19H,2,12-13H2,1H3,(H2,24,28)(H,25,29). The zero-order valence-corrected chi connectivity index (χ0v) is 17.0. The van der Waals surface area contributed by atoms with Crippen LogP contribution in [0.4, 0.5) is 10.1 Å². The van der Waals surface area contributed by atoms with Crippen LogP contribution in [0, 0.1) is 5.82 Å². The summed E-state index contributed by atoms with van der Waals surface area (Å²) in [5, 5.41) is 8.15. The Kier molecular flexibility index (Phi) is 6.96. The molecule has 0 fully saturated rings. The number of carbonyl (C=O) groups excluding carboxylic acids is 3. The number of benzene rings is 2. The van der Waals surface area contributed by atoms with Gasteiger partial charge in [-0.1, -0.05) is 30.3 Å². The number of carbonyl (C=O) groups is 3. The summed E-state index contributed by atoms with van der Waals surface area (Å²) in [6.45, 7) is 1.85. The van der Waals surface area contributed by atoms with Crippen LogP contribution in [0.5, 0.6) is 0 Å². The van der Waals surface area contributed by atoms with Crippen molar-refractivity contribution in [2.75, 3.05) is 11.6 Å². The van der Waals surface area contributed by atoms with Crippen LogP contribution >= 0.6 is 0 Å². The highest BCUT2D eigenvalue weighted by molar-refractivity contribution is 6.40. The normalized spacial score (nSPS) is 16.4. The van der Waals surface area contributed by atoms with E-state index < -0.39 is 35.7 Å². The first kappa shape index (κ1) is 21.9. The molecule has 2 atom stereocenters. The third kappa shape index (κ3) is 5.44. The highest BCUT2D eigenvalue weighted by atomic mass is 19.1. The molecule has 1 aliphatic heterocycles. The molecule has 3 N–H and O–H groups in total. The Morgan fingerprint density at radius 3 is 2.48 bits per heavy atom. The third-order valence-corrected chi connectivity index (χ3v) is 4.75. The lowest BCUT2D eigenvalue weighted by molar-refractivity contribution is -0.146. The Balaban J connectivity index is 1.80. The van der Waals surface area contributed by atoms with E-state index in [1.54, 1.807) is 6.92 Å². The molecule has 2 aromatic carbocycles. The number of hydrogen-bond acceptors (Lipinski definition) is 6. The maximum Gasteiger partial charge on any atom is 0.328 e. The van der Waals surface area contributed by atoms with Crippen LogP contribution in [-0.4, -0.2) is 42.2 Å². The van der Waals surface area contributed by atoms with Crippen LogP contribution in [0.3, 0.4) is 0 Å². The van der Waals surface area contributed by atoms with Gasteiger partial charge in [0.2, 0.25) is 5.91 Å². The fraction of sp³-hybridized carbons (Fsp3) is 0.273. The van der Waals surface area contributed by atoms with Gasteiger partial charge >= 0.3 is 5.97 Å². The molecule has 0 aromatic heterocycles. The van der Waals surface area contributed by atoms with E-state index in [-0.39, 0.29) is 25.2 Å². The van der Waals surface area contributed by atoms with Crippen molar-refractivity contribution >= 4 is 29.2 Å². The Labute approximate surface area is 178 Å². The van der Waals surface area contributed by atoms with Crippen molar-refractivity contribution in [2.45, 2.75) is 31.8 Å². The van der Waals surface area contributed by atoms with E-state index in [1.165, 1.54) is 29.3 Å². The minimum Gasteiger partial charge on any atom is -0.464 e. The van der Waals surface area contributed by atoms with Crippen LogP contribution in [0.25, 0.3) is 0 Å². The van der Waals surface area contributed by atoms with Crippen molar-refractivity contribution in [3.8, 4) is 0 Å². The van der Waals surface area contributed by atoms with Gasteiger partial charge in [0.1, 0.15) is 23.6 Å². The van der Waals surface area contributed by atoms with Gasteiger partial charge in [0.15, 0.2) is 0 Å². The number of nitrogens with two attached hydrogens (primary N) is 1. The first-order chi connectivity index (χ1) is 14.9. The molecule has 1 heterocycles. The Bertz CT molecular complexity index is 979. The largest absolute Gasteiger partial charge is 0.464 e. The molecule has 2 unspecified atom stereocenters. The number of esters is 1. The second-order valence-corrected chi connectivity index (χ2v) is 6.96. The van der Waals surface area contributed by atoms with Gasteiger partial charge in [0.25, 0.3) is 5.91 Å². The van der Waals surface area contributed by atoms with Crippen molar-refractivity contribution in [3.05, 3.63) is 66.0 Å². The number of amides is 2. The zero-order valence-electron chi connectivity index (χ0n) is 17.0. The molecule has 8 nitrogen and oxygen atoms in total. The quantitative estimate of drug-likeness (QED) is 0.622. The number of nitrogens with one attached hydrogen (secondary N) is 1. The second kappa shape index (κ2) is 9.84. The molecule has 9 heteroatoms. The van der Waals surface area contributed by atoms with Gasteiger partial charge in [-0.25, -0.2) is 9.18 Å².